The van der Waals surface area contributed by atoms with Crippen LogP contribution in [0.3, 0.4) is 0 Å². The molecule has 1 aliphatic rings. The maximum atomic E-state index is 5.95. The van der Waals surface area contributed by atoms with Gasteiger partial charge in [0, 0.05) is 49.6 Å². The summed E-state index contributed by atoms with van der Waals surface area (Å²) < 4.78 is 6.78. The van der Waals surface area contributed by atoms with Crippen molar-refractivity contribution in [1.29, 1.82) is 0 Å². The lowest BCUT2D eigenvalue weighted by atomic mass is 10.1. The first-order chi connectivity index (χ1) is 11.2. The molecule has 1 aliphatic heterocycles. The molecule has 1 N–H and O–H groups in total. The van der Waals surface area contributed by atoms with Crippen LogP contribution in [-0.2, 0) is 0 Å². The van der Waals surface area contributed by atoms with Crippen molar-refractivity contribution in [3.63, 3.8) is 0 Å². The van der Waals surface area contributed by atoms with Gasteiger partial charge in [0.2, 0.25) is 0 Å². The molecule has 1 atom stereocenters. The second kappa shape index (κ2) is 8.11. The van der Waals surface area contributed by atoms with Crippen molar-refractivity contribution in [3.05, 3.63) is 57.8 Å². The monoisotopic (exact) mass is 395 g/mol. The molecule has 0 bridgehead atoms. The Bertz CT molecular complexity index is 641. The van der Waals surface area contributed by atoms with Gasteiger partial charge in [-0.3, -0.25) is 9.88 Å². The van der Waals surface area contributed by atoms with Gasteiger partial charge in [-0.15, -0.1) is 0 Å². The van der Waals surface area contributed by atoms with Crippen LogP contribution in [0, 0.1) is 0 Å². The number of rotatable bonds is 5. The Morgan fingerprint density at radius 2 is 2.30 bits per heavy atom. The summed E-state index contributed by atoms with van der Waals surface area (Å²) in [6.07, 6.45) is 3.76. The van der Waals surface area contributed by atoms with Gasteiger partial charge < -0.3 is 10.1 Å². The van der Waals surface area contributed by atoms with Gasteiger partial charge in [0.05, 0.1) is 4.47 Å². The fraction of sp³-hybridized carbons (Fsp3) is 0.353. The van der Waals surface area contributed by atoms with E-state index in [9.17, 15) is 0 Å². The Morgan fingerprint density at radius 3 is 3.09 bits per heavy atom. The van der Waals surface area contributed by atoms with Gasteiger partial charge in [-0.25, -0.2) is 0 Å². The van der Waals surface area contributed by atoms with Crippen LogP contribution >= 0.6 is 27.5 Å². The van der Waals surface area contributed by atoms with E-state index in [1.807, 2.05) is 36.7 Å². The lowest BCUT2D eigenvalue weighted by Gasteiger charge is -2.36. The highest BCUT2D eigenvalue weighted by molar-refractivity contribution is 9.10. The van der Waals surface area contributed by atoms with Crippen LogP contribution in [0.5, 0.6) is 5.75 Å². The molecule has 1 aromatic heterocycles. The first-order valence-electron chi connectivity index (χ1n) is 7.66. The number of hydrogen-bond acceptors (Lipinski definition) is 4. The van der Waals surface area contributed by atoms with E-state index in [1.165, 1.54) is 5.56 Å². The zero-order valence-electron chi connectivity index (χ0n) is 12.7. The van der Waals surface area contributed by atoms with Crippen molar-refractivity contribution in [2.45, 2.75) is 6.04 Å². The number of piperazine rings is 1. The minimum absolute atomic E-state index is 0.342. The molecule has 1 saturated heterocycles. The van der Waals surface area contributed by atoms with Crippen LogP contribution in [0.1, 0.15) is 11.6 Å². The van der Waals surface area contributed by atoms with Crippen LogP contribution in [-0.4, -0.2) is 42.7 Å². The van der Waals surface area contributed by atoms with Crippen molar-refractivity contribution in [2.75, 3.05) is 32.8 Å². The van der Waals surface area contributed by atoms with Crippen LogP contribution < -0.4 is 10.1 Å². The highest BCUT2D eigenvalue weighted by Crippen LogP contribution is 2.28. The molecule has 0 spiro atoms. The normalized spacial score (nSPS) is 18.8. The zero-order valence-corrected chi connectivity index (χ0v) is 15.1. The predicted octanol–water partition coefficient (Wildman–Crippen LogP) is 3.52. The van der Waals surface area contributed by atoms with Crippen molar-refractivity contribution in [1.82, 2.24) is 15.2 Å². The number of benzene rings is 1. The summed E-state index contributed by atoms with van der Waals surface area (Å²) >= 11 is 9.43. The Labute approximate surface area is 149 Å². The van der Waals surface area contributed by atoms with E-state index >= 15 is 0 Å². The standard InChI is InChI=1S/C17H19BrClN3O/c18-15-10-14(19)3-4-17(15)23-9-8-22-7-6-21-12-16(22)13-2-1-5-20-11-13/h1-5,10-11,16,21H,6-9,12H2. The molecule has 3 rings (SSSR count). The van der Waals surface area contributed by atoms with Gasteiger partial charge >= 0.3 is 0 Å². The van der Waals surface area contributed by atoms with Gasteiger partial charge in [0.1, 0.15) is 12.4 Å². The minimum atomic E-state index is 0.342. The first-order valence-corrected chi connectivity index (χ1v) is 8.83. The smallest absolute Gasteiger partial charge is 0.133 e. The quantitative estimate of drug-likeness (QED) is 0.839. The fourth-order valence-corrected chi connectivity index (χ4v) is 3.58. The van der Waals surface area contributed by atoms with Crippen LogP contribution in [0.2, 0.25) is 5.02 Å². The number of halogens is 2. The number of aromatic nitrogens is 1. The molecule has 1 aromatic carbocycles. The summed E-state index contributed by atoms with van der Waals surface area (Å²) in [5.41, 5.74) is 1.24. The fourth-order valence-electron chi connectivity index (χ4n) is 2.78. The summed E-state index contributed by atoms with van der Waals surface area (Å²) in [7, 11) is 0. The predicted molar refractivity (Wildman–Crippen MR) is 96.1 cm³/mol. The lowest BCUT2D eigenvalue weighted by molar-refractivity contribution is 0.133. The average Bonchev–Trinajstić information content (AvgIpc) is 2.58. The molecule has 23 heavy (non-hydrogen) atoms. The number of pyridine rings is 1. The second-order valence-electron chi connectivity index (χ2n) is 5.47. The summed E-state index contributed by atoms with van der Waals surface area (Å²) in [5, 5.41) is 4.15. The number of nitrogens with zero attached hydrogens (tertiary/aromatic N) is 2. The van der Waals surface area contributed by atoms with E-state index in [1.54, 1.807) is 0 Å². The highest BCUT2D eigenvalue weighted by atomic mass is 79.9. The van der Waals surface area contributed by atoms with Gasteiger partial charge in [-0.1, -0.05) is 17.7 Å². The van der Waals surface area contributed by atoms with Crippen LogP contribution in [0.25, 0.3) is 0 Å². The molecular weight excluding hydrogens is 378 g/mol. The third kappa shape index (κ3) is 4.44. The van der Waals surface area contributed by atoms with Gasteiger partial charge in [0.25, 0.3) is 0 Å². The maximum Gasteiger partial charge on any atom is 0.133 e. The number of nitrogens with one attached hydrogen (secondary N) is 1. The molecule has 4 nitrogen and oxygen atoms in total. The molecule has 0 aliphatic carbocycles. The highest BCUT2D eigenvalue weighted by Gasteiger charge is 2.23. The SMILES string of the molecule is Clc1ccc(OCCN2CCNCC2c2cccnc2)c(Br)c1. The van der Waals surface area contributed by atoms with Crippen molar-refractivity contribution >= 4 is 27.5 Å². The molecule has 2 heterocycles. The summed E-state index contributed by atoms with van der Waals surface area (Å²) in [6, 6.07) is 10.0. The third-order valence-corrected chi connectivity index (χ3v) is 4.81. The van der Waals surface area contributed by atoms with Crippen molar-refractivity contribution in [3.8, 4) is 5.75 Å². The second-order valence-corrected chi connectivity index (χ2v) is 6.76. The minimum Gasteiger partial charge on any atom is -0.491 e. The Hall–Kier alpha value is -1.14. The molecule has 0 amide bonds. The van der Waals surface area contributed by atoms with E-state index in [0.29, 0.717) is 17.7 Å². The topological polar surface area (TPSA) is 37.4 Å². The van der Waals surface area contributed by atoms with Crippen molar-refractivity contribution in [2.24, 2.45) is 0 Å². The Morgan fingerprint density at radius 1 is 1.39 bits per heavy atom. The molecule has 1 fully saturated rings. The largest absolute Gasteiger partial charge is 0.491 e. The third-order valence-electron chi connectivity index (χ3n) is 3.95. The van der Waals surface area contributed by atoms with Gasteiger partial charge in [0.15, 0.2) is 0 Å². The molecule has 0 radical (unpaired) electrons. The van der Waals surface area contributed by atoms with E-state index < -0.39 is 0 Å². The molecule has 2 aromatic rings. The summed E-state index contributed by atoms with van der Waals surface area (Å²) in [4.78, 5) is 6.68. The molecule has 1 unspecified atom stereocenters. The van der Waals surface area contributed by atoms with Crippen molar-refractivity contribution < 1.29 is 4.74 Å². The molecule has 6 heteroatoms. The van der Waals surface area contributed by atoms with Crippen LogP contribution in [0.15, 0.2) is 47.2 Å². The van der Waals surface area contributed by atoms with E-state index in [4.69, 9.17) is 16.3 Å². The van der Waals surface area contributed by atoms with Gasteiger partial charge in [-0.05, 0) is 45.8 Å². The van der Waals surface area contributed by atoms with E-state index in [-0.39, 0.29) is 0 Å². The van der Waals surface area contributed by atoms with Crippen LogP contribution in [0.4, 0.5) is 0 Å². The molecule has 0 saturated carbocycles. The maximum absolute atomic E-state index is 5.95. The molecule has 122 valence electrons. The van der Waals surface area contributed by atoms with Gasteiger partial charge in [-0.2, -0.15) is 0 Å². The number of ether oxygens (including phenoxy) is 1. The molecular formula is C17H19BrClN3O. The lowest BCUT2D eigenvalue weighted by Crippen LogP contribution is -2.47. The van der Waals surface area contributed by atoms with E-state index in [0.717, 1.165) is 36.4 Å². The zero-order chi connectivity index (χ0) is 16.1. The summed E-state index contributed by atoms with van der Waals surface area (Å²) in [5.74, 6) is 0.822. The summed E-state index contributed by atoms with van der Waals surface area (Å²) in [6.45, 7) is 4.45. The average molecular weight is 397 g/mol. The first kappa shape index (κ1) is 16.7. The van der Waals surface area contributed by atoms with E-state index in [2.05, 4.69) is 37.2 Å². The number of hydrogen-bond donors (Lipinski definition) is 1. The Balaban J connectivity index is 1.59. The Kier molecular flexibility index (Phi) is 5.89.